The first-order valence-corrected chi connectivity index (χ1v) is 10.7. The van der Waals surface area contributed by atoms with Crippen molar-refractivity contribution in [3.63, 3.8) is 0 Å². The molecule has 9 nitrogen and oxygen atoms in total. The summed E-state index contributed by atoms with van der Waals surface area (Å²) in [5.41, 5.74) is 13.6. The van der Waals surface area contributed by atoms with Gasteiger partial charge in [0, 0.05) is 23.8 Å². The maximum Gasteiger partial charge on any atom is 0.263 e. The molecule has 2 aromatic carbocycles. The number of nitrogens with two attached hydrogens (primary N) is 2. The monoisotopic (exact) mass is 456 g/mol. The molecule has 1 amide bonds. The molecule has 34 heavy (non-hydrogen) atoms. The van der Waals surface area contributed by atoms with Crippen molar-refractivity contribution in [2.24, 2.45) is 5.73 Å². The number of benzene rings is 2. The van der Waals surface area contributed by atoms with E-state index in [9.17, 15) is 14.7 Å². The largest absolute Gasteiger partial charge is 0.392 e. The normalized spacial score (nSPS) is 10.8. The average Bonchev–Trinajstić information content (AvgIpc) is 3.20. The van der Waals surface area contributed by atoms with Crippen LogP contribution in [0.5, 0.6) is 0 Å². The Bertz CT molecular complexity index is 1540. The second-order valence-electron chi connectivity index (χ2n) is 7.52. The number of fused-ring (bicyclic) bond motifs is 2. The van der Waals surface area contributed by atoms with E-state index < -0.39 is 5.91 Å². The average molecular weight is 457 g/mol. The Hall–Kier alpha value is -4.50. The van der Waals surface area contributed by atoms with E-state index in [1.54, 1.807) is 29.1 Å². The van der Waals surface area contributed by atoms with E-state index in [0.29, 0.717) is 16.6 Å². The molecule has 0 aliphatic rings. The minimum absolute atomic E-state index is 0.0693. The van der Waals surface area contributed by atoms with Crippen LogP contribution >= 0.6 is 0 Å². The fourth-order valence-corrected chi connectivity index (χ4v) is 3.88. The highest BCUT2D eigenvalue weighted by molar-refractivity contribution is 6.03. The summed E-state index contributed by atoms with van der Waals surface area (Å²) in [4.78, 5) is 27.8. The van der Waals surface area contributed by atoms with Gasteiger partial charge in [0.05, 0.1) is 12.0 Å². The SMILES string of the molecule is CCc1cc2cccc(CO)c2c(=O)n1-c1ccccc1.NC(=O)c1c(N)nn2cccnc12. The number of hydrogen-bond acceptors (Lipinski definition) is 6. The van der Waals surface area contributed by atoms with Crippen LogP contribution in [0.15, 0.2) is 77.9 Å². The number of aryl methyl sites for hydroxylation is 1. The van der Waals surface area contributed by atoms with Gasteiger partial charge in [-0.2, -0.15) is 0 Å². The lowest BCUT2D eigenvalue weighted by Gasteiger charge is -2.14. The number of pyridine rings is 1. The van der Waals surface area contributed by atoms with E-state index in [2.05, 4.69) is 10.1 Å². The molecule has 5 aromatic rings. The zero-order valence-electron chi connectivity index (χ0n) is 18.5. The number of carbonyl (C=O) groups is 1. The summed E-state index contributed by atoms with van der Waals surface area (Å²) in [5.74, 6) is -0.516. The van der Waals surface area contributed by atoms with Crippen LogP contribution in [0.4, 0.5) is 5.82 Å². The van der Waals surface area contributed by atoms with Gasteiger partial charge in [-0.15, -0.1) is 5.10 Å². The molecule has 0 saturated heterocycles. The summed E-state index contributed by atoms with van der Waals surface area (Å²) < 4.78 is 3.15. The Labute approximate surface area is 194 Å². The van der Waals surface area contributed by atoms with Gasteiger partial charge in [0.15, 0.2) is 11.5 Å². The van der Waals surface area contributed by atoms with E-state index >= 15 is 0 Å². The van der Waals surface area contributed by atoms with Crippen LogP contribution in [-0.4, -0.2) is 30.2 Å². The maximum atomic E-state index is 12.9. The second-order valence-corrected chi connectivity index (χ2v) is 7.52. The van der Waals surface area contributed by atoms with Gasteiger partial charge in [-0.3, -0.25) is 14.2 Å². The van der Waals surface area contributed by atoms with Gasteiger partial charge < -0.3 is 16.6 Å². The lowest BCUT2D eigenvalue weighted by atomic mass is 10.0. The van der Waals surface area contributed by atoms with Crippen molar-refractivity contribution in [2.45, 2.75) is 20.0 Å². The molecule has 0 fully saturated rings. The predicted octanol–water partition coefficient (Wildman–Crippen LogP) is 2.46. The van der Waals surface area contributed by atoms with Gasteiger partial charge in [-0.05, 0) is 41.6 Å². The molecule has 0 unspecified atom stereocenters. The molecule has 0 atom stereocenters. The number of aliphatic hydroxyl groups excluding tert-OH is 1. The molecule has 0 radical (unpaired) electrons. The molecular formula is C25H24N6O3. The van der Waals surface area contributed by atoms with Gasteiger partial charge >= 0.3 is 0 Å². The molecule has 172 valence electrons. The summed E-state index contributed by atoms with van der Waals surface area (Å²) in [7, 11) is 0. The van der Waals surface area contributed by atoms with Crippen molar-refractivity contribution < 1.29 is 9.90 Å². The van der Waals surface area contributed by atoms with E-state index in [1.807, 2.05) is 55.5 Å². The summed E-state index contributed by atoms with van der Waals surface area (Å²) in [6.45, 7) is 1.91. The quantitative estimate of drug-likeness (QED) is 0.379. The van der Waals surface area contributed by atoms with Crippen LogP contribution in [0.1, 0.15) is 28.5 Å². The maximum absolute atomic E-state index is 12.9. The smallest absolute Gasteiger partial charge is 0.263 e. The molecule has 0 aliphatic carbocycles. The second kappa shape index (κ2) is 9.55. The number of para-hydroxylation sites is 1. The molecule has 3 heterocycles. The Morgan fingerprint density at radius 2 is 1.85 bits per heavy atom. The predicted molar refractivity (Wildman–Crippen MR) is 131 cm³/mol. The topological polar surface area (TPSA) is 142 Å². The molecule has 0 aliphatic heterocycles. The minimum Gasteiger partial charge on any atom is -0.392 e. The van der Waals surface area contributed by atoms with Crippen LogP contribution in [0, 0.1) is 0 Å². The van der Waals surface area contributed by atoms with Crippen molar-refractivity contribution in [3.8, 4) is 5.69 Å². The lowest BCUT2D eigenvalue weighted by molar-refractivity contribution is 0.100. The Morgan fingerprint density at radius 1 is 1.09 bits per heavy atom. The fourth-order valence-electron chi connectivity index (χ4n) is 3.88. The number of hydrogen-bond donors (Lipinski definition) is 3. The molecular weight excluding hydrogens is 432 g/mol. The van der Waals surface area contributed by atoms with Gasteiger partial charge in [0.1, 0.15) is 5.56 Å². The molecule has 9 heteroatoms. The van der Waals surface area contributed by atoms with Crippen LogP contribution in [-0.2, 0) is 13.0 Å². The van der Waals surface area contributed by atoms with Crippen LogP contribution in [0.25, 0.3) is 22.1 Å². The van der Waals surface area contributed by atoms with Gasteiger partial charge in [-0.1, -0.05) is 43.3 Å². The number of anilines is 1. The first-order valence-electron chi connectivity index (χ1n) is 10.7. The standard InChI is InChI=1S/C18H17NO2.C7H7N5O/c1-2-15-11-13-7-6-8-14(12-20)17(13)18(21)19(15)16-9-4-3-5-10-16;8-5-4(6(9)13)7-10-2-1-3-12(7)11-5/h3-11,20H,2,12H2,1H3;1-3H,(H2,8,11)(H2,9,13). The van der Waals surface area contributed by atoms with Gasteiger partial charge in [0.2, 0.25) is 0 Å². The number of aromatic nitrogens is 4. The summed E-state index contributed by atoms with van der Waals surface area (Å²) in [6, 6.07) is 18.9. The van der Waals surface area contributed by atoms with Crippen LogP contribution < -0.4 is 17.0 Å². The summed E-state index contributed by atoms with van der Waals surface area (Å²) in [5, 5.41) is 14.8. The number of aliphatic hydroxyl groups is 1. The molecule has 0 bridgehead atoms. The van der Waals surface area contributed by atoms with Crippen molar-refractivity contribution in [1.29, 1.82) is 0 Å². The third kappa shape index (κ3) is 4.12. The lowest BCUT2D eigenvalue weighted by Crippen LogP contribution is -2.22. The molecule has 3 aromatic heterocycles. The van der Waals surface area contributed by atoms with Gasteiger partial charge in [-0.25, -0.2) is 9.50 Å². The number of nitrogens with zero attached hydrogens (tertiary/aromatic N) is 4. The Kier molecular flexibility index (Phi) is 6.37. The van der Waals surface area contributed by atoms with E-state index in [0.717, 1.165) is 23.2 Å². The Morgan fingerprint density at radius 3 is 2.53 bits per heavy atom. The van der Waals surface area contributed by atoms with E-state index in [1.165, 1.54) is 4.52 Å². The van der Waals surface area contributed by atoms with Crippen molar-refractivity contribution in [1.82, 2.24) is 19.2 Å². The Balaban J connectivity index is 0.000000180. The minimum atomic E-state index is -0.619. The third-order valence-corrected chi connectivity index (χ3v) is 5.43. The highest BCUT2D eigenvalue weighted by Crippen LogP contribution is 2.20. The van der Waals surface area contributed by atoms with E-state index in [-0.39, 0.29) is 23.5 Å². The summed E-state index contributed by atoms with van der Waals surface area (Å²) >= 11 is 0. The fraction of sp³-hybridized carbons (Fsp3) is 0.120. The number of carbonyl (C=O) groups excluding carboxylic acids is 1. The highest BCUT2D eigenvalue weighted by Gasteiger charge is 2.15. The number of primary amides is 1. The van der Waals surface area contributed by atoms with Crippen molar-refractivity contribution >= 4 is 28.1 Å². The van der Waals surface area contributed by atoms with Crippen LogP contribution in [0.2, 0.25) is 0 Å². The molecule has 5 N–H and O–H groups in total. The first-order chi connectivity index (χ1) is 16.5. The van der Waals surface area contributed by atoms with Crippen molar-refractivity contribution in [3.05, 3.63) is 100 Å². The van der Waals surface area contributed by atoms with Crippen LogP contribution in [0.3, 0.4) is 0 Å². The number of nitrogen functional groups attached to an aromatic ring is 1. The first kappa shape index (κ1) is 22.7. The van der Waals surface area contributed by atoms with Gasteiger partial charge in [0.25, 0.3) is 11.5 Å². The van der Waals surface area contributed by atoms with Crippen molar-refractivity contribution in [2.75, 3.05) is 5.73 Å². The van der Waals surface area contributed by atoms with E-state index in [4.69, 9.17) is 11.5 Å². The number of amides is 1. The molecule has 5 rings (SSSR count). The molecule has 0 saturated carbocycles. The zero-order chi connectivity index (χ0) is 24.2. The molecule has 0 spiro atoms. The zero-order valence-corrected chi connectivity index (χ0v) is 18.5. The highest BCUT2D eigenvalue weighted by atomic mass is 16.3. The summed E-state index contributed by atoms with van der Waals surface area (Å²) in [6.07, 6.45) is 3.96. The number of rotatable bonds is 4. The third-order valence-electron chi connectivity index (χ3n) is 5.43.